The lowest BCUT2D eigenvalue weighted by Gasteiger charge is -2.12. The molecule has 0 aliphatic carbocycles. The minimum absolute atomic E-state index is 0.158. The van der Waals surface area contributed by atoms with Crippen LogP contribution in [0.25, 0.3) is 0 Å². The summed E-state index contributed by atoms with van der Waals surface area (Å²) < 4.78 is 13.6. The molecule has 1 atom stereocenters. The molecule has 0 saturated carbocycles. The molecule has 1 aromatic carbocycles. The molecule has 0 fully saturated rings. The molecule has 0 heterocycles. The summed E-state index contributed by atoms with van der Waals surface area (Å²) in [6, 6.07) is 4.89. The van der Waals surface area contributed by atoms with Crippen LogP contribution >= 0.6 is 0 Å². The highest BCUT2D eigenvalue weighted by Crippen LogP contribution is 2.23. The van der Waals surface area contributed by atoms with Gasteiger partial charge in [0.2, 0.25) is 0 Å². The summed E-state index contributed by atoms with van der Waals surface area (Å²) in [7, 11) is 0. The summed E-state index contributed by atoms with van der Waals surface area (Å²) in [5.41, 5.74) is 6.61. The highest BCUT2D eigenvalue weighted by molar-refractivity contribution is 5.27. The second-order valence-electron chi connectivity index (χ2n) is 4.03. The van der Waals surface area contributed by atoms with Crippen molar-refractivity contribution in [2.45, 2.75) is 32.3 Å². The Morgan fingerprint density at radius 1 is 1.40 bits per heavy atom. The molecule has 2 nitrogen and oxygen atoms in total. The van der Waals surface area contributed by atoms with Crippen LogP contribution in [0.4, 0.5) is 4.39 Å². The van der Waals surface area contributed by atoms with E-state index in [1.54, 1.807) is 12.1 Å². The summed E-state index contributed by atoms with van der Waals surface area (Å²) in [4.78, 5) is 0. The lowest BCUT2D eigenvalue weighted by atomic mass is 9.98. The number of halogens is 1. The van der Waals surface area contributed by atoms with Gasteiger partial charge < -0.3 is 10.8 Å². The van der Waals surface area contributed by atoms with Crippen molar-refractivity contribution in [2.24, 2.45) is 5.73 Å². The number of aliphatic hydroxyl groups excluding tert-OH is 1. The number of benzene rings is 1. The Labute approximate surface area is 89.9 Å². The Balaban J connectivity index is 2.91. The van der Waals surface area contributed by atoms with Gasteiger partial charge in [-0.2, -0.15) is 0 Å². The van der Waals surface area contributed by atoms with E-state index in [1.165, 1.54) is 6.07 Å². The molecule has 0 aromatic heterocycles. The number of nitrogens with two attached hydrogens (primary N) is 1. The first kappa shape index (κ1) is 12.1. The van der Waals surface area contributed by atoms with Gasteiger partial charge in [0, 0.05) is 0 Å². The minimum atomic E-state index is -0.661. The van der Waals surface area contributed by atoms with Crippen molar-refractivity contribution >= 4 is 0 Å². The smallest absolute Gasteiger partial charge is 0.127 e. The molecule has 1 unspecified atom stereocenters. The van der Waals surface area contributed by atoms with E-state index in [2.05, 4.69) is 0 Å². The monoisotopic (exact) mass is 211 g/mol. The molecule has 0 bridgehead atoms. The van der Waals surface area contributed by atoms with Crippen LogP contribution in [0, 0.1) is 5.82 Å². The van der Waals surface area contributed by atoms with E-state index in [9.17, 15) is 9.50 Å². The van der Waals surface area contributed by atoms with Gasteiger partial charge in [-0.3, -0.25) is 0 Å². The van der Waals surface area contributed by atoms with Crippen molar-refractivity contribution in [1.82, 2.24) is 0 Å². The minimum Gasteiger partial charge on any atom is -0.388 e. The molecule has 84 valence electrons. The van der Waals surface area contributed by atoms with E-state index < -0.39 is 6.10 Å². The van der Waals surface area contributed by atoms with Crippen LogP contribution in [0.2, 0.25) is 0 Å². The largest absolute Gasteiger partial charge is 0.388 e. The molecule has 3 N–H and O–H groups in total. The SMILES string of the molecule is CC(C)c1ccc(C(O)CCN)cc1F. The van der Waals surface area contributed by atoms with Crippen molar-refractivity contribution in [2.75, 3.05) is 6.54 Å². The van der Waals surface area contributed by atoms with E-state index >= 15 is 0 Å². The molecule has 1 rings (SSSR count). The summed E-state index contributed by atoms with van der Waals surface area (Å²) in [5, 5.41) is 9.63. The predicted molar refractivity (Wildman–Crippen MR) is 59.1 cm³/mol. The molecule has 0 saturated heterocycles. The van der Waals surface area contributed by atoms with Crippen LogP contribution in [0.1, 0.15) is 43.4 Å². The standard InChI is InChI=1S/C12H18FNO/c1-8(2)10-4-3-9(7-11(10)13)12(15)5-6-14/h3-4,7-8,12,15H,5-6,14H2,1-2H3. The van der Waals surface area contributed by atoms with Crippen LogP contribution < -0.4 is 5.73 Å². The lowest BCUT2D eigenvalue weighted by Crippen LogP contribution is -2.07. The van der Waals surface area contributed by atoms with Gasteiger partial charge in [-0.25, -0.2) is 4.39 Å². The van der Waals surface area contributed by atoms with Gasteiger partial charge in [0.25, 0.3) is 0 Å². The maximum Gasteiger partial charge on any atom is 0.127 e. The van der Waals surface area contributed by atoms with E-state index in [4.69, 9.17) is 5.73 Å². The van der Waals surface area contributed by atoms with Gasteiger partial charge in [0.1, 0.15) is 5.82 Å². The molecular weight excluding hydrogens is 193 g/mol. The van der Waals surface area contributed by atoms with Crippen LogP contribution in [-0.2, 0) is 0 Å². The van der Waals surface area contributed by atoms with E-state index in [0.29, 0.717) is 24.1 Å². The average Bonchev–Trinajstić information content (AvgIpc) is 2.17. The van der Waals surface area contributed by atoms with Gasteiger partial charge in [-0.15, -0.1) is 0 Å². The Kier molecular flexibility index (Phi) is 4.24. The predicted octanol–water partition coefficient (Wildman–Crippen LogP) is 2.33. The summed E-state index contributed by atoms with van der Waals surface area (Å²) in [5.74, 6) is -0.0933. The summed E-state index contributed by atoms with van der Waals surface area (Å²) >= 11 is 0. The molecule has 0 spiro atoms. The third-order valence-corrected chi connectivity index (χ3v) is 2.47. The number of hydrogen-bond acceptors (Lipinski definition) is 2. The second-order valence-corrected chi connectivity index (χ2v) is 4.03. The fourth-order valence-corrected chi connectivity index (χ4v) is 1.54. The molecule has 15 heavy (non-hydrogen) atoms. The zero-order valence-corrected chi connectivity index (χ0v) is 9.20. The Morgan fingerprint density at radius 3 is 2.53 bits per heavy atom. The summed E-state index contributed by atoms with van der Waals surface area (Å²) in [6.45, 7) is 4.28. The van der Waals surface area contributed by atoms with Gasteiger partial charge in [-0.1, -0.05) is 26.0 Å². The average molecular weight is 211 g/mol. The maximum atomic E-state index is 13.6. The maximum absolute atomic E-state index is 13.6. The summed E-state index contributed by atoms with van der Waals surface area (Å²) in [6.07, 6.45) is -0.203. The van der Waals surface area contributed by atoms with E-state index in [1.807, 2.05) is 13.8 Å². The zero-order valence-electron chi connectivity index (χ0n) is 9.20. The molecule has 3 heteroatoms. The highest BCUT2D eigenvalue weighted by Gasteiger charge is 2.11. The molecular formula is C12H18FNO. The molecule has 0 aliphatic heterocycles. The van der Waals surface area contributed by atoms with Gasteiger partial charge >= 0.3 is 0 Å². The number of hydrogen-bond donors (Lipinski definition) is 2. The van der Waals surface area contributed by atoms with Crippen LogP contribution in [0.15, 0.2) is 18.2 Å². The zero-order chi connectivity index (χ0) is 11.4. The molecule has 0 radical (unpaired) electrons. The normalized spacial score (nSPS) is 13.2. The molecule has 1 aromatic rings. The third kappa shape index (κ3) is 3.01. The molecule has 0 amide bonds. The Bertz CT molecular complexity index is 325. The topological polar surface area (TPSA) is 46.2 Å². The van der Waals surface area contributed by atoms with Crippen molar-refractivity contribution in [3.63, 3.8) is 0 Å². The molecule has 0 aliphatic rings. The van der Waals surface area contributed by atoms with Crippen molar-refractivity contribution < 1.29 is 9.50 Å². The number of aliphatic hydroxyl groups is 1. The first-order valence-corrected chi connectivity index (χ1v) is 5.23. The van der Waals surface area contributed by atoms with Crippen molar-refractivity contribution in [3.8, 4) is 0 Å². The highest BCUT2D eigenvalue weighted by atomic mass is 19.1. The van der Waals surface area contributed by atoms with Crippen LogP contribution in [0.3, 0.4) is 0 Å². The fraction of sp³-hybridized carbons (Fsp3) is 0.500. The lowest BCUT2D eigenvalue weighted by molar-refractivity contribution is 0.170. The number of rotatable bonds is 4. The van der Waals surface area contributed by atoms with Crippen molar-refractivity contribution in [3.05, 3.63) is 35.1 Å². The Hall–Kier alpha value is -0.930. The quantitative estimate of drug-likeness (QED) is 0.803. The van der Waals surface area contributed by atoms with Crippen LogP contribution in [0.5, 0.6) is 0 Å². The third-order valence-electron chi connectivity index (χ3n) is 2.47. The first-order chi connectivity index (χ1) is 7.06. The van der Waals surface area contributed by atoms with E-state index in [0.717, 1.165) is 0 Å². The van der Waals surface area contributed by atoms with Gasteiger partial charge in [0.05, 0.1) is 6.10 Å². The van der Waals surface area contributed by atoms with Gasteiger partial charge in [0.15, 0.2) is 0 Å². The van der Waals surface area contributed by atoms with Crippen molar-refractivity contribution in [1.29, 1.82) is 0 Å². The first-order valence-electron chi connectivity index (χ1n) is 5.23. The Morgan fingerprint density at radius 2 is 2.07 bits per heavy atom. The van der Waals surface area contributed by atoms with E-state index in [-0.39, 0.29) is 11.7 Å². The fourth-order valence-electron chi connectivity index (χ4n) is 1.54. The van der Waals surface area contributed by atoms with Gasteiger partial charge in [-0.05, 0) is 36.1 Å². The second kappa shape index (κ2) is 5.24. The van der Waals surface area contributed by atoms with Crippen LogP contribution in [-0.4, -0.2) is 11.7 Å².